The summed E-state index contributed by atoms with van der Waals surface area (Å²) in [6.07, 6.45) is 3.61. The molecule has 138 valence electrons. The largest absolute Gasteiger partial charge is 0.488 e. The molecule has 0 heterocycles. The van der Waals surface area contributed by atoms with Crippen molar-refractivity contribution in [2.24, 2.45) is 0 Å². The fraction of sp³-hybridized carbons (Fsp3) is 0.381. The Labute approximate surface area is 167 Å². The Hall–Kier alpha value is -1.52. The van der Waals surface area contributed by atoms with Crippen molar-refractivity contribution in [1.82, 2.24) is 0 Å². The van der Waals surface area contributed by atoms with E-state index in [4.69, 9.17) is 21.1 Å². The molecule has 0 spiro atoms. The van der Waals surface area contributed by atoms with E-state index in [1.807, 2.05) is 18.2 Å². The summed E-state index contributed by atoms with van der Waals surface area (Å²) in [4.78, 5) is 11.7. The van der Waals surface area contributed by atoms with Gasteiger partial charge in [0, 0.05) is 21.5 Å². The Morgan fingerprint density at radius 2 is 2.00 bits per heavy atom. The first kappa shape index (κ1) is 19.2. The molecule has 3 rings (SSSR count). The van der Waals surface area contributed by atoms with E-state index < -0.39 is 0 Å². The molecular formula is C21H22BrClO3. The number of aryl methyl sites for hydroxylation is 1. The highest BCUT2D eigenvalue weighted by Crippen LogP contribution is 2.46. The van der Waals surface area contributed by atoms with Gasteiger partial charge in [0.2, 0.25) is 0 Å². The smallest absolute Gasteiger partial charge is 0.310 e. The molecule has 0 aromatic heterocycles. The van der Waals surface area contributed by atoms with Gasteiger partial charge in [-0.1, -0.05) is 53.5 Å². The van der Waals surface area contributed by atoms with Crippen LogP contribution in [0.5, 0.6) is 11.5 Å². The van der Waals surface area contributed by atoms with Crippen LogP contribution in [-0.2, 0) is 17.8 Å². The lowest BCUT2D eigenvalue weighted by atomic mass is 10.0. The molecule has 0 bridgehead atoms. The van der Waals surface area contributed by atoms with Crippen LogP contribution < -0.4 is 9.47 Å². The summed E-state index contributed by atoms with van der Waals surface area (Å²) in [6, 6.07) is 9.63. The molecule has 1 saturated carbocycles. The first-order valence-electron chi connectivity index (χ1n) is 8.96. The Bertz CT molecular complexity index is 815. The van der Waals surface area contributed by atoms with Gasteiger partial charge >= 0.3 is 5.97 Å². The van der Waals surface area contributed by atoms with E-state index in [0.29, 0.717) is 24.7 Å². The average molecular weight is 438 g/mol. The first-order chi connectivity index (χ1) is 12.5. The van der Waals surface area contributed by atoms with Crippen LogP contribution in [0, 0.1) is 0 Å². The van der Waals surface area contributed by atoms with Crippen molar-refractivity contribution >= 4 is 33.5 Å². The third-order valence-electron chi connectivity index (χ3n) is 4.54. The Kier molecular flexibility index (Phi) is 6.25. The fourth-order valence-corrected chi connectivity index (χ4v) is 3.60. The molecule has 5 heteroatoms. The predicted octanol–water partition coefficient (Wildman–Crippen LogP) is 6.44. The normalized spacial score (nSPS) is 13.5. The molecule has 1 fully saturated rings. The van der Waals surface area contributed by atoms with Gasteiger partial charge in [0.25, 0.3) is 0 Å². The summed E-state index contributed by atoms with van der Waals surface area (Å²) in [5.74, 6) is 1.64. The van der Waals surface area contributed by atoms with Crippen molar-refractivity contribution < 1.29 is 14.3 Å². The van der Waals surface area contributed by atoms with Gasteiger partial charge in [-0.15, -0.1) is 0 Å². The number of carbonyl (C=O) groups is 1. The van der Waals surface area contributed by atoms with Gasteiger partial charge in [-0.2, -0.15) is 0 Å². The second-order valence-electron chi connectivity index (χ2n) is 6.44. The summed E-state index contributed by atoms with van der Waals surface area (Å²) in [7, 11) is 0. The Balaban J connectivity index is 1.85. The predicted molar refractivity (Wildman–Crippen MR) is 107 cm³/mol. The number of rotatable bonds is 7. The van der Waals surface area contributed by atoms with Crippen LogP contribution in [0.4, 0.5) is 0 Å². The highest BCUT2D eigenvalue weighted by atomic mass is 79.9. The minimum Gasteiger partial charge on any atom is -0.488 e. The summed E-state index contributed by atoms with van der Waals surface area (Å²) in [5, 5.41) is 0.733. The monoisotopic (exact) mass is 436 g/mol. The highest BCUT2D eigenvalue weighted by Gasteiger charge is 2.28. The van der Waals surface area contributed by atoms with Crippen molar-refractivity contribution in [2.75, 3.05) is 0 Å². The van der Waals surface area contributed by atoms with Crippen LogP contribution in [-0.4, -0.2) is 5.97 Å². The number of halogens is 2. The SMILES string of the molecule is CCC(=O)Oc1cccc(Br)c1COc1cc(Cl)c(CC)cc1C1CC1. The van der Waals surface area contributed by atoms with Gasteiger partial charge in [-0.25, -0.2) is 0 Å². The Morgan fingerprint density at radius 1 is 1.23 bits per heavy atom. The quantitative estimate of drug-likeness (QED) is 0.369. The average Bonchev–Trinajstić information content (AvgIpc) is 3.46. The molecule has 0 radical (unpaired) electrons. The second kappa shape index (κ2) is 8.45. The van der Waals surface area contributed by atoms with Gasteiger partial charge in [-0.3, -0.25) is 4.79 Å². The minimum absolute atomic E-state index is 0.265. The number of hydrogen-bond donors (Lipinski definition) is 0. The molecule has 0 unspecified atom stereocenters. The Morgan fingerprint density at radius 3 is 2.65 bits per heavy atom. The number of ether oxygens (including phenoxy) is 2. The van der Waals surface area contributed by atoms with E-state index >= 15 is 0 Å². The fourth-order valence-electron chi connectivity index (χ4n) is 2.85. The van der Waals surface area contributed by atoms with Crippen LogP contribution in [0.15, 0.2) is 34.8 Å². The van der Waals surface area contributed by atoms with Crippen LogP contribution in [0.1, 0.15) is 55.7 Å². The minimum atomic E-state index is -0.265. The number of carbonyl (C=O) groups excluding carboxylic acids is 1. The first-order valence-corrected chi connectivity index (χ1v) is 10.1. The van der Waals surface area contributed by atoms with Crippen molar-refractivity contribution in [3.63, 3.8) is 0 Å². The van der Waals surface area contributed by atoms with Gasteiger partial charge in [0.1, 0.15) is 18.1 Å². The maximum Gasteiger partial charge on any atom is 0.310 e. The molecule has 0 atom stereocenters. The molecular weight excluding hydrogens is 416 g/mol. The topological polar surface area (TPSA) is 35.5 Å². The maximum atomic E-state index is 11.7. The number of hydrogen-bond acceptors (Lipinski definition) is 3. The van der Waals surface area contributed by atoms with Crippen LogP contribution in [0.3, 0.4) is 0 Å². The van der Waals surface area contributed by atoms with E-state index in [2.05, 4.69) is 28.9 Å². The molecule has 26 heavy (non-hydrogen) atoms. The van der Waals surface area contributed by atoms with Crippen molar-refractivity contribution in [2.45, 2.75) is 52.1 Å². The lowest BCUT2D eigenvalue weighted by molar-refractivity contribution is -0.134. The van der Waals surface area contributed by atoms with Crippen molar-refractivity contribution in [3.8, 4) is 11.5 Å². The molecule has 3 nitrogen and oxygen atoms in total. The summed E-state index contributed by atoms with van der Waals surface area (Å²) in [5.41, 5.74) is 3.19. The molecule has 0 aliphatic heterocycles. The van der Waals surface area contributed by atoms with Crippen molar-refractivity contribution in [3.05, 3.63) is 56.5 Å². The van der Waals surface area contributed by atoms with Gasteiger partial charge in [0.15, 0.2) is 0 Å². The van der Waals surface area contributed by atoms with Gasteiger partial charge < -0.3 is 9.47 Å². The van der Waals surface area contributed by atoms with Crippen LogP contribution in [0.25, 0.3) is 0 Å². The van der Waals surface area contributed by atoms with Gasteiger partial charge in [0.05, 0.1) is 0 Å². The number of esters is 1. The standard InChI is InChI=1S/C21H22BrClO3/c1-3-13-10-15(14-8-9-14)20(11-18(13)23)25-12-16-17(22)6-5-7-19(16)26-21(24)4-2/h5-7,10-11,14H,3-4,8-9,12H2,1-2H3. The van der Waals surface area contributed by atoms with E-state index in [1.54, 1.807) is 13.0 Å². The van der Waals surface area contributed by atoms with Gasteiger partial charge in [-0.05, 0) is 54.5 Å². The zero-order chi connectivity index (χ0) is 18.7. The summed E-state index contributed by atoms with van der Waals surface area (Å²) in [6.45, 7) is 4.18. The molecule has 0 N–H and O–H groups in total. The van der Waals surface area contributed by atoms with E-state index in [9.17, 15) is 4.79 Å². The van der Waals surface area contributed by atoms with E-state index in [1.165, 1.54) is 18.4 Å². The lowest BCUT2D eigenvalue weighted by Gasteiger charge is -2.16. The third-order valence-corrected chi connectivity index (χ3v) is 5.63. The lowest BCUT2D eigenvalue weighted by Crippen LogP contribution is -2.09. The zero-order valence-electron chi connectivity index (χ0n) is 15.0. The zero-order valence-corrected chi connectivity index (χ0v) is 17.3. The highest BCUT2D eigenvalue weighted by molar-refractivity contribution is 9.10. The van der Waals surface area contributed by atoms with E-state index in [-0.39, 0.29) is 5.97 Å². The molecule has 1 aliphatic carbocycles. The summed E-state index contributed by atoms with van der Waals surface area (Å²) < 4.78 is 12.4. The molecule has 1 aliphatic rings. The number of benzene rings is 2. The molecule has 2 aromatic rings. The molecule has 0 amide bonds. The second-order valence-corrected chi connectivity index (χ2v) is 7.70. The van der Waals surface area contributed by atoms with Crippen LogP contribution in [0.2, 0.25) is 5.02 Å². The molecule has 0 saturated heterocycles. The van der Waals surface area contributed by atoms with Crippen LogP contribution >= 0.6 is 27.5 Å². The third kappa shape index (κ3) is 4.41. The van der Waals surface area contributed by atoms with E-state index in [0.717, 1.165) is 32.8 Å². The van der Waals surface area contributed by atoms with Crippen molar-refractivity contribution in [1.29, 1.82) is 0 Å². The maximum absolute atomic E-state index is 11.7. The molecule has 2 aromatic carbocycles. The summed E-state index contributed by atoms with van der Waals surface area (Å²) >= 11 is 9.93.